The molecule has 0 bridgehead atoms. The van der Waals surface area contributed by atoms with Crippen LogP contribution in [0.4, 0.5) is 0 Å². The van der Waals surface area contributed by atoms with Crippen LogP contribution in [0, 0.1) is 34.5 Å². The van der Waals surface area contributed by atoms with Crippen LogP contribution >= 0.6 is 0 Å². The number of esters is 1. The summed E-state index contributed by atoms with van der Waals surface area (Å²) in [5, 5.41) is 10.5. The Hall–Kier alpha value is -1.32. The van der Waals surface area contributed by atoms with E-state index in [0.29, 0.717) is 30.6 Å². The highest BCUT2D eigenvalue weighted by Gasteiger charge is 2.60. The number of hydrogen-bond donors (Lipinski definition) is 1. The predicted molar refractivity (Wildman–Crippen MR) is 131 cm³/mol. The van der Waals surface area contributed by atoms with Crippen molar-refractivity contribution >= 4 is 11.8 Å². The van der Waals surface area contributed by atoms with Crippen LogP contribution in [0.1, 0.15) is 118 Å². The Bertz CT molecular complexity index is 778. The Labute approximate surface area is 200 Å². The molecule has 0 spiro atoms. The van der Waals surface area contributed by atoms with Crippen molar-refractivity contribution in [3.8, 4) is 0 Å². The van der Waals surface area contributed by atoms with Gasteiger partial charge in [0, 0.05) is 18.3 Å². The molecule has 4 fully saturated rings. The van der Waals surface area contributed by atoms with Gasteiger partial charge < -0.3 is 9.84 Å². The molecular formula is C29H46O4. The van der Waals surface area contributed by atoms with Gasteiger partial charge >= 0.3 is 5.97 Å². The number of allylic oxidation sites excluding steroid dienone is 1. The molecule has 0 amide bonds. The monoisotopic (exact) mass is 458 g/mol. The summed E-state index contributed by atoms with van der Waals surface area (Å²) in [6.07, 6.45) is 14.6. The van der Waals surface area contributed by atoms with Crippen LogP contribution in [-0.2, 0) is 14.3 Å². The summed E-state index contributed by atoms with van der Waals surface area (Å²) < 4.78 is 6.15. The molecule has 0 unspecified atom stereocenters. The van der Waals surface area contributed by atoms with Gasteiger partial charge in [-0.15, -0.1) is 0 Å². The first kappa shape index (κ1) is 24.8. The number of aliphatic hydroxyl groups is 1. The third-order valence-electron chi connectivity index (χ3n) is 10.5. The Kier molecular flexibility index (Phi) is 7.32. The Morgan fingerprint density at radius 3 is 2.42 bits per heavy atom. The number of rotatable bonds is 4. The van der Waals surface area contributed by atoms with Crippen LogP contribution in [0.15, 0.2) is 11.3 Å². The summed E-state index contributed by atoms with van der Waals surface area (Å²) >= 11 is 0. The second-order valence-corrected chi connectivity index (χ2v) is 11.9. The predicted octanol–water partition coefficient (Wildman–Crippen LogP) is 7.31. The fourth-order valence-electron chi connectivity index (χ4n) is 8.67. The molecule has 5 aliphatic carbocycles. The quantitative estimate of drug-likeness (QED) is 0.449. The third-order valence-corrected chi connectivity index (χ3v) is 10.5. The molecule has 0 aromatic carbocycles. The highest BCUT2D eigenvalue weighted by atomic mass is 16.5. The van der Waals surface area contributed by atoms with Crippen molar-refractivity contribution in [2.24, 2.45) is 34.5 Å². The summed E-state index contributed by atoms with van der Waals surface area (Å²) in [5.74, 6) is 2.54. The van der Waals surface area contributed by atoms with E-state index >= 15 is 0 Å². The SMILES string of the molecule is CC.C[C@]12CC[C@H]3[C@@H](CCC4=C(O)C(=O)CC[C@@]43C)[C@@H]1CC[C@@H]2OC(=O)CCC1CCCC1. The molecule has 0 radical (unpaired) electrons. The maximum absolute atomic E-state index is 12.7. The lowest BCUT2D eigenvalue weighted by atomic mass is 9.47. The molecule has 33 heavy (non-hydrogen) atoms. The van der Waals surface area contributed by atoms with Crippen molar-refractivity contribution in [3.63, 3.8) is 0 Å². The standard InChI is InChI=1S/C27H40O4.C2H6/c1-26-16-14-22(28)25(30)21(26)9-8-18-19-10-11-23(27(19,2)15-13-20(18)26)31-24(29)12-7-17-5-3-4-6-17;1-2/h17-20,23,30H,3-16H2,1-2H3;1-2H3/t18-,19-,20-,23-,26+,27-;/m0./s1. The zero-order chi connectivity index (χ0) is 23.8. The minimum atomic E-state index is -0.0583. The number of ketones is 1. The first-order valence-corrected chi connectivity index (χ1v) is 14.0. The summed E-state index contributed by atoms with van der Waals surface area (Å²) in [6, 6.07) is 0. The van der Waals surface area contributed by atoms with E-state index in [-0.39, 0.29) is 34.4 Å². The number of Topliss-reactive ketones (excluding diaryl/α,β-unsaturated/α-hetero) is 1. The van der Waals surface area contributed by atoms with E-state index in [1.54, 1.807) is 0 Å². The van der Waals surface area contributed by atoms with Crippen LogP contribution in [0.5, 0.6) is 0 Å². The van der Waals surface area contributed by atoms with Gasteiger partial charge in [0.1, 0.15) is 6.10 Å². The van der Waals surface area contributed by atoms with Crippen LogP contribution in [0.3, 0.4) is 0 Å². The number of fused-ring (bicyclic) bond motifs is 5. The number of ether oxygens (including phenoxy) is 1. The van der Waals surface area contributed by atoms with Gasteiger partial charge in [-0.3, -0.25) is 9.59 Å². The van der Waals surface area contributed by atoms with Crippen molar-refractivity contribution < 1.29 is 19.4 Å². The van der Waals surface area contributed by atoms with E-state index in [1.165, 1.54) is 25.7 Å². The van der Waals surface area contributed by atoms with Crippen molar-refractivity contribution in [1.82, 2.24) is 0 Å². The second kappa shape index (κ2) is 9.74. The zero-order valence-corrected chi connectivity index (χ0v) is 21.5. The minimum absolute atomic E-state index is 0.0254. The largest absolute Gasteiger partial charge is 0.504 e. The molecule has 6 atom stereocenters. The van der Waals surface area contributed by atoms with E-state index < -0.39 is 0 Å². The van der Waals surface area contributed by atoms with E-state index in [4.69, 9.17) is 4.74 Å². The number of carbonyl (C=O) groups is 2. The van der Waals surface area contributed by atoms with Gasteiger partial charge in [-0.1, -0.05) is 53.4 Å². The van der Waals surface area contributed by atoms with Gasteiger partial charge in [0.25, 0.3) is 0 Å². The van der Waals surface area contributed by atoms with Crippen LogP contribution in [0.2, 0.25) is 0 Å². The van der Waals surface area contributed by atoms with Crippen LogP contribution in [0.25, 0.3) is 0 Å². The van der Waals surface area contributed by atoms with Crippen molar-refractivity contribution in [2.45, 2.75) is 124 Å². The molecule has 5 aliphatic rings. The molecule has 1 N–H and O–H groups in total. The molecule has 0 saturated heterocycles. The second-order valence-electron chi connectivity index (χ2n) is 11.9. The van der Waals surface area contributed by atoms with Crippen molar-refractivity contribution in [2.75, 3.05) is 0 Å². The topological polar surface area (TPSA) is 63.6 Å². The Balaban J connectivity index is 0.00000126. The fraction of sp³-hybridized carbons (Fsp3) is 0.862. The molecule has 186 valence electrons. The molecular weight excluding hydrogens is 412 g/mol. The Morgan fingerprint density at radius 2 is 1.70 bits per heavy atom. The number of carbonyl (C=O) groups excluding carboxylic acids is 2. The minimum Gasteiger partial charge on any atom is -0.504 e. The van der Waals surface area contributed by atoms with Gasteiger partial charge in [-0.05, 0) is 86.0 Å². The zero-order valence-electron chi connectivity index (χ0n) is 21.5. The van der Waals surface area contributed by atoms with E-state index in [0.717, 1.165) is 62.9 Å². The molecule has 4 heteroatoms. The van der Waals surface area contributed by atoms with E-state index in [9.17, 15) is 14.7 Å². The molecule has 4 nitrogen and oxygen atoms in total. The lowest BCUT2D eigenvalue weighted by Crippen LogP contribution is -2.52. The average Bonchev–Trinajstić information content (AvgIpc) is 3.45. The van der Waals surface area contributed by atoms with E-state index in [2.05, 4.69) is 13.8 Å². The summed E-state index contributed by atoms with van der Waals surface area (Å²) in [7, 11) is 0. The smallest absolute Gasteiger partial charge is 0.306 e. The third kappa shape index (κ3) is 4.29. The van der Waals surface area contributed by atoms with Crippen molar-refractivity contribution in [3.05, 3.63) is 11.3 Å². The molecule has 0 aromatic rings. The first-order chi connectivity index (χ1) is 15.8. The van der Waals surface area contributed by atoms with Gasteiger partial charge in [0.15, 0.2) is 11.5 Å². The highest BCUT2D eigenvalue weighted by molar-refractivity contribution is 5.95. The van der Waals surface area contributed by atoms with Crippen molar-refractivity contribution in [1.29, 1.82) is 0 Å². The highest BCUT2D eigenvalue weighted by Crippen LogP contribution is 2.66. The lowest BCUT2D eigenvalue weighted by Gasteiger charge is -2.57. The average molecular weight is 459 g/mol. The molecule has 0 heterocycles. The summed E-state index contributed by atoms with van der Waals surface area (Å²) in [4.78, 5) is 24.8. The van der Waals surface area contributed by atoms with Gasteiger partial charge in [-0.2, -0.15) is 0 Å². The molecule has 0 aromatic heterocycles. The number of hydrogen-bond acceptors (Lipinski definition) is 4. The molecule has 5 rings (SSSR count). The summed E-state index contributed by atoms with van der Waals surface area (Å²) in [6.45, 7) is 8.69. The normalized spacial score (nSPS) is 40.4. The van der Waals surface area contributed by atoms with Gasteiger partial charge in [0.05, 0.1) is 0 Å². The fourth-order valence-corrected chi connectivity index (χ4v) is 8.67. The van der Waals surface area contributed by atoms with E-state index in [1.807, 2.05) is 13.8 Å². The van der Waals surface area contributed by atoms with Crippen LogP contribution < -0.4 is 0 Å². The lowest BCUT2D eigenvalue weighted by molar-refractivity contribution is -0.160. The first-order valence-electron chi connectivity index (χ1n) is 14.0. The molecule has 0 aliphatic heterocycles. The van der Waals surface area contributed by atoms with Gasteiger partial charge in [-0.25, -0.2) is 0 Å². The maximum atomic E-state index is 12.7. The maximum Gasteiger partial charge on any atom is 0.306 e. The number of aliphatic hydroxyl groups excluding tert-OH is 1. The van der Waals surface area contributed by atoms with Gasteiger partial charge in [0.2, 0.25) is 0 Å². The summed E-state index contributed by atoms with van der Waals surface area (Å²) in [5.41, 5.74) is 1.11. The van der Waals surface area contributed by atoms with Crippen LogP contribution in [-0.4, -0.2) is 23.0 Å². The Morgan fingerprint density at radius 1 is 0.970 bits per heavy atom. The molecule has 4 saturated carbocycles.